The van der Waals surface area contributed by atoms with E-state index < -0.39 is 14.6 Å². The number of hydrogen-bond acceptors (Lipinski definition) is 4. The van der Waals surface area contributed by atoms with E-state index >= 15 is 0 Å². The van der Waals surface area contributed by atoms with Crippen LogP contribution in [-0.2, 0) is 14.6 Å². The van der Waals surface area contributed by atoms with Crippen molar-refractivity contribution in [1.82, 2.24) is 10.6 Å². The highest BCUT2D eigenvalue weighted by Crippen LogP contribution is 2.29. The van der Waals surface area contributed by atoms with Gasteiger partial charge in [0.15, 0.2) is 14.6 Å². The van der Waals surface area contributed by atoms with Crippen LogP contribution in [0.2, 0.25) is 0 Å². The van der Waals surface area contributed by atoms with Gasteiger partial charge in [-0.15, -0.1) is 12.4 Å². The Labute approximate surface area is 141 Å². The van der Waals surface area contributed by atoms with E-state index in [1.165, 1.54) is 6.26 Å². The summed E-state index contributed by atoms with van der Waals surface area (Å²) in [7, 11) is -3.43. The molecule has 0 aromatic heterocycles. The summed E-state index contributed by atoms with van der Waals surface area (Å²) in [5.74, 6) is 0.211. The molecule has 22 heavy (non-hydrogen) atoms. The smallest absolute Gasteiger partial charge is 0.241 e. The van der Waals surface area contributed by atoms with Crippen LogP contribution in [-0.4, -0.2) is 45.0 Å². The van der Waals surface area contributed by atoms with Gasteiger partial charge in [-0.2, -0.15) is 0 Å². The molecular weight excluding hydrogens is 324 g/mol. The van der Waals surface area contributed by atoms with E-state index in [1.807, 2.05) is 0 Å². The Morgan fingerprint density at radius 1 is 1.27 bits per heavy atom. The normalized spacial score (nSPS) is 18.6. The first-order valence-corrected chi connectivity index (χ1v) is 9.58. The predicted molar refractivity (Wildman–Crippen MR) is 93.2 cm³/mol. The second kappa shape index (κ2) is 7.97. The highest BCUT2D eigenvalue weighted by atomic mass is 35.5. The van der Waals surface area contributed by atoms with Crippen molar-refractivity contribution < 1.29 is 13.2 Å². The fourth-order valence-corrected chi connectivity index (χ4v) is 4.61. The SMILES string of the molecule is CC(C)CC(C)(C)CNC(=O)C1(S(C)(=O)=O)CCNCC1.Cl. The Balaban J connectivity index is 0.00000441. The molecule has 1 aliphatic rings. The molecule has 0 bridgehead atoms. The Kier molecular flexibility index (Phi) is 7.85. The van der Waals surface area contributed by atoms with Crippen molar-refractivity contribution in [2.75, 3.05) is 25.9 Å². The third-order valence-corrected chi connectivity index (χ3v) is 6.24. The lowest BCUT2D eigenvalue weighted by Gasteiger charge is -2.36. The van der Waals surface area contributed by atoms with Crippen LogP contribution in [0, 0.1) is 11.3 Å². The molecular formula is C15H31ClN2O3S. The van der Waals surface area contributed by atoms with Gasteiger partial charge >= 0.3 is 0 Å². The lowest BCUT2D eigenvalue weighted by molar-refractivity contribution is -0.124. The zero-order valence-corrected chi connectivity index (χ0v) is 16.0. The summed E-state index contributed by atoms with van der Waals surface area (Å²) >= 11 is 0. The third kappa shape index (κ3) is 5.39. The van der Waals surface area contributed by atoms with Crippen LogP contribution >= 0.6 is 12.4 Å². The van der Waals surface area contributed by atoms with Crippen molar-refractivity contribution in [2.24, 2.45) is 11.3 Å². The van der Waals surface area contributed by atoms with Crippen LogP contribution in [0.4, 0.5) is 0 Å². The molecule has 0 aliphatic carbocycles. The van der Waals surface area contributed by atoms with Crippen LogP contribution in [0.15, 0.2) is 0 Å². The fraction of sp³-hybridized carbons (Fsp3) is 0.933. The maximum absolute atomic E-state index is 12.6. The molecule has 1 aliphatic heterocycles. The first-order valence-electron chi connectivity index (χ1n) is 7.69. The van der Waals surface area contributed by atoms with Crippen molar-refractivity contribution in [2.45, 2.75) is 51.7 Å². The summed E-state index contributed by atoms with van der Waals surface area (Å²) in [6, 6.07) is 0. The quantitative estimate of drug-likeness (QED) is 0.762. The van der Waals surface area contributed by atoms with E-state index in [1.54, 1.807) is 0 Å². The van der Waals surface area contributed by atoms with Gasteiger partial charge in [0.05, 0.1) is 0 Å². The molecule has 7 heteroatoms. The monoisotopic (exact) mass is 354 g/mol. The average Bonchev–Trinajstić information content (AvgIpc) is 2.34. The van der Waals surface area contributed by atoms with E-state index in [0.29, 0.717) is 38.4 Å². The first-order chi connectivity index (χ1) is 9.50. The van der Waals surface area contributed by atoms with Crippen molar-refractivity contribution >= 4 is 28.2 Å². The molecule has 1 amide bonds. The molecule has 0 radical (unpaired) electrons. The van der Waals surface area contributed by atoms with Crippen molar-refractivity contribution in [1.29, 1.82) is 0 Å². The number of sulfone groups is 1. The highest BCUT2D eigenvalue weighted by Gasteiger charge is 2.48. The van der Waals surface area contributed by atoms with Gasteiger partial charge in [-0.05, 0) is 43.7 Å². The van der Waals surface area contributed by atoms with Crippen LogP contribution in [0.25, 0.3) is 0 Å². The van der Waals surface area contributed by atoms with Crippen molar-refractivity contribution in [3.63, 3.8) is 0 Å². The van der Waals surface area contributed by atoms with Gasteiger partial charge in [-0.1, -0.05) is 27.7 Å². The zero-order chi connectivity index (χ0) is 16.3. The molecule has 1 rings (SSSR count). The molecule has 1 fully saturated rings. The lowest BCUT2D eigenvalue weighted by atomic mass is 9.83. The van der Waals surface area contributed by atoms with Crippen LogP contribution in [0.5, 0.6) is 0 Å². The van der Waals surface area contributed by atoms with Crippen molar-refractivity contribution in [3.05, 3.63) is 0 Å². The molecule has 0 saturated carbocycles. The summed E-state index contributed by atoms with van der Waals surface area (Å²) in [4.78, 5) is 12.6. The van der Waals surface area contributed by atoms with Crippen LogP contribution in [0.1, 0.15) is 47.0 Å². The predicted octanol–water partition coefficient (Wildman–Crippen LogP) is 1.76. The first kappa shape index (κ1) is 21.7. The molecule has 5 nitrogen and oxygen atoms in total. The molecule has 0 aromatic carbocycles. The topological polar surface area (TPSA) is 75.3 Å². The second-order valence-electron chi connectivity index (χ2n) is 7.46. The molecule has 0 aromatic rings. The zero-order valence-electron chi connectivity index (χ0n) is 14.4. The van der Waals surface area contributed by atoms with E-state index in [0.717, 1.165) is 6.42 Å². The van der Waals surface area contributed by atoms with Gasteiger partial charge in [-0.3, -0.25) is 4.79 Å². The van der Waals surface area contributed by atoms with E-state index in [9.17, 15) is 13.2 Å². The number of rotatable bonds is 6. The number of halogens is 1. The van der Waals surface area contributed by atoms with Gasteiger partial charge in [0.1, 0.15) is 0 Å². The molecule has 0 unspecified atom stereocenters. The second-order valence-corrected chi connectivity index (χ2v) is 9.79. The van der Waals surface area contributed by atoms with Gasteiger partial charge in [0.2, 0.25) is 5.91 Å². The maximum atomic E-state index is 12.6. The number of amides is 1. The van der Waals surface area contributed by atoms with Crippen LogP contribution < -0.4 is 10.6 Å². The molecule has 0 atom stereocenters. The van der Waals surface area contributed by atoms with E-state index in [2.05, 4.69) is 38.3 Å². The van der Waals surface area contributed by atoms with Gasteiger partial charge < -0.3 is 10.6 Å². The number of nitrogens with one attached hydrogen (secondary N) is 2. The molecule has 2 N–H and O–H groups in total. The Morgan fingerprint density at radius 3 is 2.18 bits per heavy atom. The van der Waals surface area contributed by atoms with Gasteiger partial charge in [-0.25, -0.2) is 8.42 Å². The van der Waals surface area contributed by atoms with E-state index in [4.69, 9.17) is 0 Å². The number of carbonyl (C=O) groups excluding carboxylic acids is 1. The number of carbonyl (C=O) groups is 1. The largest absolute Gasteiger partial charge is 0.354 e. The fourth-order valence-electron chi connectivity index (χ4n) is 3.25. The molecule has 132 valence electrons. The van der Waals surface area contributed by atoms with Gasteiger partial charge in [0.25, 0.3) is 0 Å². The minimum Gasteiger partial charge on any atom is -0.354 e. The minimum atomic E-state index is -3.43. The van der Waals surface area contributed by atoms with Crippen LogP contribution in [0.3, 0.4) is 0 Å². The highest BCUT2D eigenvalue weighted by molar-refractivity contribution is 7.92. The molecule has 0 spiro atoms. The van der Waals surface area contributed by atoms with Crippen molar-refractivity contribution in [3.8, 4) is 0 Å². The summed E-state index contributed by atoms with van der Waals surface area (Å²) in [6.45, 7) is 10.1. The summed E-state index contributed by atoms with van der Waals surface area (Å²) in [5, 5.41) is 6.02. The standard InChI is InChI=1S/C15H30N2O3S.ClH/c1-12(2)10-14(3,4)11-17-13(18)15(21(5,19)20)6-8-16-9-7-15;/h12,16H,6-11H2,1-5H3,(H,17,18);1H. The van der Waals surface area contributed by atoms with Gasteiger partial charge in [0, 0.05) is 12.8 Å². The Hall–Kier alpha value is -0.330. The third-order valence-electron chi connectivity index (χ3n) is 4.22. The molecule has 1 heterocycles. The number of hydrogen-bond donors (Lipinski definition) is 2. The Morgan fingerprint density at radius 2 is 1.77 bits per heavy atom. The Bertz CT molecular complexity index is 469. The molecule has 1 saturated heterocycles. The van der Waals surface area contributed by atoms with E-state index in [-0.39, 0.29) is 23.7 Å². The lowest BCUT2D eigenvalue weighted by Crippen LogP contribution is -2.58. The average molecular weight is 355 g/mol. The minimum absolute atomic E-state index is 0. The summed E-state index contributed by atoms with van der Waals surface area (Å²) < 4.78 is 23.1. The summed E-state index contributed by atoms with van der Waals surface area (Å²) in [6.07, 6.45) is 2.86. The number of piperidine rings is 1. The maximum Gasteiger partial charge on any atom is 0.241 e. The summed E-state index contributed by atoms with van der Waals surface area (Å²) in [5.41, 5.74) is -0.0323.